The topological polar surface area (TPSA) is 36.0 Å². The van der Waals surface area contributed by atoms with Crippen LogP contribution in [0, 0.1) is 0 Å². The second-order valence-corrected chi connectivity index (χ2v) is 7.94. The Kier molecular flexibility index (Phi) is 6.47. The van der Waals surface area contributed by atoms with E-state index in [9.17, 15) is 4.79 Å². The van der Waals surface area contributed by atoms with E-state index in [1.165, 1.54) is 5.56 Å². The van der Waals surface area contributed by atoms with E-state index in [1.54, 1.807) is 0 Å². The van der Waals surface area contributed by atoms with E-state index < -0.39 is 0 Å². The zero-order valence-corrected chi connectivity index (χ0v) is 17.3. The van der Waals surface area contributed by atoms with Crippen LogP contribution in [0.3, 0.4) is 0 Å². The number of fused-ring (bicyclic) bond motifs is 1. The van der Waals surface area contributed by atoms with Crippen molar-refractivity contribution in [2.24, 2.45) is 0 Å². The Bertz CT molecular complexity index is 803. The van der Waals surface area contributed by atoms with Gasteiger partial charge in [0.1, 0.15) is 12.4 Å². The maximum Gasteiger partial charge on any atom is 0.244 e. The van der Waals surface area contributed by atoms with Crippen LogP contribution in [0.25, 0.3) is 0 Å². The first kappa shape index (κ1) is 19.9. The molecule has 0 spiro atoms. The van der Waals surface area contributed by atoms with Crippen LogP contribution in [-0.4, -0.2) is 67.6 Å². The highest BCUT2D eigenvalue weighted by atomic mass is 16.5. The number of anilines is 1. The minimum atomic E-state index is -0.0797. The van der Waals surface area contributed by atoms with Gasteiger partial charge in [-0.25, -0.2) is 0 Å². The van der Waals surface area contributed by atoms with Gasteiger partial charge >= 0.3 is 0 Å². The minimum Gasteiger partial charge on any atom is -0.492 e. The molecular formula is C24H31N3O2. The molecule has 0 radical (unpaired) electrons. The Morgan fingerprint density at radius 1 is 0.966 bits per heavy atom. The summed E-state index contributed by atoms with van der Waals surface area (Å²) in [6.07, 6.45) is 2.11. The Balaban J connectivity index is 1.26. The highest BCUT2D eigenvalue weighted by Crippen LogP contribution is 2.27. The van der Waals surface area contributed by atoms with Crippen LogP contribution in [0.15, 0.2) is 54.6 Å². The van der Waals surface area contributed by atoms with Crippen LogP contribution in [0.4, 0.5) is 5.69 Å². The molecule has 154 valence electrons. The van der Waals surface area contributed by atoms with Gasteiger partial charge in [-0.3, -0.25) is 14.6 Å². The maximum atomic E-state index is 13.2. The van der Waals surface area contributed by atoms with Crippen molar-refractivity contribution in [2.75, 3.05) is 50.8 Å². The van der Waals surface area contributed by atoms with Gasteiger partial charge in [0, 0.05) is 45.0 Å². The summed E-state index contributed by atoms with van der Waals surface area (Å²) in [5.41, 5.74) is 2.40. The number of hydrogen-bond acceptors (Lipinski definition) is 4. The average Bonchev–Trinajstić information content (AvgIpc) is 2.79. The number of hydrogen-bond donors (Lipinski definition) is 0. The fraction of sp³-hybridized carbons (Fsp3) is 0.458. The van der Waals surface area contributed by atoms with Crippen molar-refractivity contribution in [1.29, 1.82) is 0 Å². The third kappa shape index (κ3) is 4.80. The molecule has 1 unspecified atom stereocenters. The molecule has 1 amide bonds. The summed E-state index contributed by atoms with van der Waals surface area (Å²) in [6.45, 7) is 8.32. The number of para-hydroxylation sites is 2. The Morgan fingerprint density at radius 2 is 1.69 bits per heavy atom. The molecule has 0 saturated carbocycles. The molecule has 5 heteroatoms. The van der Waals surface area contributed by atoms with Crippen molar-refractivity contribution in [3.63, 3.8) is 0 Å². The first-order valence-electron chi connectivity index (χ1n) is 10.8. The molecule has 2 heterocycles. The normalized spacial score (nSPS) is 18.9. The highest BCUT2D eigenvalue weighted by Gasteiger charge is 2.31. The van der Waals surface area contributed by atoms with Gasteiger partial charge in [0.25, 0.3) is 0 Å². The number of rotatable bonds is 6. The van der Waals surface area contributed by atoms with Crippen LogP contribution in [0.5, 0.6) is 5.75 Å². The van der Waals surface area contributed by atoms with Crippen molar-refractivity contribution in [2.45, 2.75) is 25.8 Å². The van der Waals surface area contributed by atoms with E-state index in [-0.39, 0.29) is 11.9 Å². The molecule has 0 aromatic heterocycles. The number of aryl methyl sites for hydroxylation is 1. The second kappa shape index (κ2) is 9.42. The van der Waals surface area contributed by atoms with Crippen LogP contribution in [-0.2, 0) is 11.2 Å². The summed E-state index contributed by atoms with van der Waals surface area (Å²) in [4.78, 5) is 20.0. The number of carbonyl (C=O) groups excluding carboxylic acids is 1. The molecule has 0 aliphatic carbocycles. The second-order valence-electron chi connectivity index (χ2n) is 7.94. The summed E-state index contributed by atoms with van der Waals surface area (Å²) >= 11 is 0. The van der Waals surface area contributed by atoms with Gasteiger partial charge in [0.2, 0.25) is 5.91 Å². The summed E-state index contributed by atoms with van der Waals surface area (Å²) in [6, 6.07) is 18.2. The monoisotopic (exact) mass is 393 g/mol. The maximum absolute atomic E-state index is 13.2. The van der Waals surface area contributed by atoms with Crippen LogP contribution in [0.1, 0.15) is 18.9 Å². The zero-order valence-electron chi connectivity index (χ0n) is 17.3. The fourth-order valence-electron chi connectivity index (χ4n) is 4.33. The molecule has 2 aromatic carbocycles. The quantitative estimate of drug-likeness (QED) is 0.756. The molecule has 2 aliphatic rings. The minimum absolute atomic E-state index is 0.0797. The molecule has 0 N–H and O–H groups in total. The molecule has 2 aliphatic heterocycles. The van der Waals surface area contributed by atoms with Crippen molar-refractivity contribution in [3.05, 3.63) is 60.2 Å². The van der Waals surface area contributed by atoms with Crippen LogP contribution >= 0.6 is 0 Å². The lowest BCUT2D eigenvalue weighted by atomic mass is 10.0. The van der Waals surface area contributed by atoms with E-state index in [4.69, 9.17) is 4.74 Å². The average molecular weight is 394 g/mol. The number of amides is 1. The molecular weight excluding hydrogens is 362 g/mol. The lowest BCUT2D eigenvalue weighted by molar-refractivity contribution is -0.124. The van der Waals surface area contributed by atoms with Gasteiger partial charge in [-0.1, -0.05) is 36.4 Å². The van der Waals surface area contributed by atoms with E-state index in [1.807, 2.05) is 41.3 Å². The van der Waals surface area contributed by atoms with Gasteiger partial charge in [-0.2, -0.15) is 0 Å². The number of nitrogens with zero attached hydrogens (tertiary/aromatic N) is 3. The van der Waals surface area contributed by atoms with Gasteiger partial charge in [0.15, 0.2) is 0 Å². The smallest absolute Gasteiger partial charge is 0.244 e. The molecule has 5 nitrogen and oxygen atoms in total. The summed E-state index contributed by atoms with van der Waals surface area (Å²) in [5.74, 6) is 1.16. The molecule has 4 rings (SSSR count). The van der Waals surface area contributed by atoms with Crippen molar-refractivity contribution in [3.8, 4) is 5.75 Å². The zero-order chi connectivity index (χ0) is 20.1. The molecule has 1 fully saturated rings. The third-order valence-electron chi connectivity index (χ3n) is 6.11. The predicted octanol–water partition coefficient (Wildman–Crippen LogP) is 3.05. The molecule has 1 atom stereocenters. The van der Waals surface area contributed by atoms with E-state index >= 15 is 0 Å². The molecule has 29 heavy (non-hydrogen) atoms. The molecule has 1 saturated heterocycles. The Hall–Kier alpha value is -2.37. The van der Waals surface area contributed by atoms with Crippen molar-refractivity contribution < 1.29 is 9.53 Å². The van der Waals surface area contributed by atoms with Crippen molar-refractivity contribution in [1.82, 2.24) is 9.80 Å². The van der Waals surface area contributed by atoms with Gasteiger partial charge in [-0.15, -0.1) is 0 Å². The largest absolute Gasteiger partial charge is 0.492 e. The lowest BCUT2D eigenvalue weighted by Gasteiger charge is -2.40. The summed E-state index contributed by atoms with van der Waals surface area (Å²) in [7, 11) is 0. The number of piperazine rings is 1. The third-order valence-corrected chi connectivity index (χ3v) is 6.11. The van der Waals surface area contributed by atoms with Gasteiger partial charge < -0.3 is 9.64 Å². The van der Waals surface area contributed by atoms with Crippen molar-refractivity contribution >= 4 is 11.6 Å². The highest BCUT2D eigenvalue weighted by molar-refractivity contribution is 5.98. The van der Waals surface area contributed by atoms with E-state index in [0.29, 0.717) is 6.61 Å². The lowest BCUT2D eigenvalue weighted by Crippen LogP contribution is -2.55. The number of benzene rings is 2. The van der Waals surface area contributed by atoms with E-state index in [2.05, 4.69) is 34.9 Å². The van der Waals surface area contributed by atoms with Gasteiger partial charge in [-0.05, 0) is 43.5 Å². The van der Waals surface area contributed by atoms with Crippen LogP contribution < -0.4 is 9.64 Å². The SMILES string of the molecule is CC(C(=O)N1CCCc2ccccc21)N1CCN(CCOc2ccccc2)CC1. The Labute approximate surface area is 173 Å². The molecule has 2 aromatic rings. The molecule has 0 bridgehead atoms. The first-order chi connectivity index (χ1) is 14.2. The van der Waals surface area contributed by atoms with Gasteiger partial charge in [0.05, 0.1) is 6.04 Å². The predicted molar refractivity (Wildman–Crippen MR) is 117 cm³/mol. The summed E-state index contributed by atoms with van der Waals surface area (Å²) in [5, 5.41) is 0. The van der Waals surface area contributed by atoms with E-state index in [0.717, 1.165) is 63.5 Å². The Morgan fingerprint density at radius 3 is 2.48 bits per heavy atom. The number of ether oxygens (including phenoxy) is 1. The van der Waals surface area contributed by atoms with Crippen LogP contribution in [0.2, 0.25) is 0 Å². The fourth-order valence-corrected chi connectivity index (χ4v) is 4.33. The summed E-state index contributed by atoms with van der Waals surface area (Å²) < 4.78 is 5.82. The first-order valence-corrected chi connectivity index (χ1v) is 10.8. The standard InChI is InChI=1S/C24H31N3O2/c1-20(24(28)27-13-7-9-21-8-5-6-12-23(21)27)26-16-14-25(15-17-26)18-19-29-22-10-3-2-4-11-22/h2-6,8,10-12,20H,7,9,13-19H2,1H3. The number of carbonyl (C=O) groups is 1.